The molecule has 0 N–H and O–H groups in total. The van der Waals surface area contributed by atoms with E-state index in [1.165, 1.54) is 66.3 Å². The average molecular weight is 714 g/mol. The standard InChI is InChI=1S/C53H35N3/c1-5-13-35(14-6-1)39-23-27-51-47(31-39)48-32-40(36-15-7-2-8-16-36)24-28-52(48)56(51)44-25-21-41-29-43-30-42(22-26-45(43)46(41)33-44)53-54-49(37-17-9-3-10-18-37)34-50(55-53)38-19-11-4-12-20-38/h1-28,30-34H,29H2. The summed E-state index contributed by atoms with van der Waals surface area (Å²) in [6.07, 6.45) is 0.872. The van der Waals surface area contributed by atoms with Crippen LogP contribution in [0.3, 0.4) is 0 Å². The topological polar surface area (TPSA) is 30.7 Å². The van der Waals surface area contributed by atoms with Gasteiger partial charge in [-0.1, -0.05) is 152 Å². The molecule has 10 aromatic rings. The Hall–Kier alpha value is -7.36. The second kappa shape index (κ2) is 13.2. The van der Waals surface area contributed by atoms with Crippen LogP contribution in [0.4, 0.5) is 0 Å². The van der Waals surface area contributed by atoms with Gasteiger partial charge in [0.2, 0.25) is 0 Å². The zero-order valence-electron chi connectivity index (χ0n) is 30.6. The summed E-state index contributed by atoms with van der Waals surface area (Å²) in [5.41, 5.74) is 18.6. The van der Waals surface area contributed by atoms with Crippen LogP contribution in [0, 0.1) is 0 Å². The lowest BCUT2D eigenvalue weighted by molar-refractivity contribution is 1.17. The Bertz CT molecular complexity index is 2920. The Morgan fingerprint density at radius 3 is 1.38 bits per heavy atom. The molecule has 3 heteroatoms. The quantitative estimate of drug-likeness (QED) is 0.172. The molecule has 11 rings (SSSR count). The van der Waals surface area contributed by atoms with Crippen molar-refractivity contribution >= 4 is 21.8 Å². The molecule has 1 aliphatic rings. The minimum Gasteiger partial charge on any atom is -0.309 e. The lowest BCUT2D eigenvalue weighted by Gasteiger charge is -2.12. The van der Waals surface area contributed by atoms with Gasteiger partial charge in [0.15, 0.2) is 5.82 Å². The van der Waals surface area contributed by atoms with Gasteiger partial charge in [0.05, 0.1) is 22.4 Å². The third-order valence-corrected chi connectivity index (χ3v) is 11.2. The van der Waals surface area contributed by atoms with Gasteiger partial charge < -0.3 is 4.57 Å². The summed E-state index contributed by atoms with van der Waals surface area (Å²) < 4.78 is 2.44. The number of aromatic nitrogens is 3. The fourth-order valence-corrected chi connectivity index (χ4v) is 8.47. The van der Waals surface area contributed by atoms with E-state index in [1.807, 2.05) is 12.1 Å². The smallest absolute Gasteiger partial charge is 0.160 e. The Kier molecular flexibility index (Phi) is 7.56. The number of hydrogen-bond donors (Lipinski definition) is 0. The van der Waals surface area contributed by atoms with Crippen LogP contribution >= 0.6 is 0 Å². The highest BCUT2D eigenvalue weighted by Crippen LogP contribution is 2.42. The van der Waals surface area contributed by atoms with Crippen LogP contribution < -0.4 is 0 Å². The van der Waals surface area contributed by atoms with Crippen molar-refractivity contribution in [3.63, 3.8) is 0 Å². The lowest BCUT2D eigenvalue weighted by Crippen LogP contribution is -1.96. The highest BCUT2D eigenvalue weighted by Gasteiger charge is 2.22. The second-order valence-corrected chi connectivity index (χ2v) is 14.6. The van der Waals surface area contributed by atoms with Crippen molar-refractivity contribution in [1.29, 1.82) is 0 Å². The first-order valence-electron chi connectivity index (χ1n) is 19.2. The summed E-state index contributed by atoms with van der Waals surface area (Å²) in [5, 5.41) is 2.49. The van der Waals surface area contributed by atoms with E-state index in [1.54, 1.807) is 0 Å². The van der Waals surface area contributed by atoms with Gasteiger partial charge in [-0.25, -0.2) is 9.97 Å². The second-order valence-electron chi connectivity index (χ2n) is 14.6. The molecule has 8 aromatic carbocycles. The minimum absolute atomic E-state index is 0.736. The molecule has 0 saturated carbocycles. The molecule has 3 nitrogen and oxygen atoms in total. The summed E-state index contributed by atoms with van der Waals surface area (Å²) in [6.45, 7) is 0. The summed E-state index contributed by atoms with van der Waals surface area (Å²) in [6, 6.07) is 71.8. The molecule has 56 heavy (non-hydrogen) atoms. The molecule has 2 heterocycles. The molecular weight excluding hydrogens is 679 g/mol. The van der Waals surface area contributed by atoms with E-state index in [4.69, 9.17) is 9.97 Å². The van der Waals surface area contributed by atoms with Crippen LogP contribution in [0.1, 0.15) is 11.1 Å². The Labute approximate surface area is 325 Å². The Balaban J connectivity index is 1.03. The van der Waals surface area contributed by atoms with E-state index in [0.29, 0.717) is 0 Å². The van der Waals surface area contributed by atoms with Gasteiger partial charge in [0.25, 0.3) is 0 Å². The Morgan fingerprint density at radius 2 is 0.839 bits per heavy atom. The normalized spacial score (nSPS) is 11.9. The average Bonchev–Trinajstić information content (AvgIpc) is 3.81. The molecule has 1 aliphatic carbocycles. The third-order valence-electron chi connectivity index (χ3n) is 11.2. The van der Waals surface area contributed by atoms with Crippen LogP contribution in [-0.2, 0) is 6.42 Å². The summed E-state index contributed by atoms with van der Waals surface area (Å²) in [5.74, 6) is 0.736. The Morgan fingerprint density at radius 1 is 0.339 bits per heavy atom. The lowest BCUT2D eigenvalue weighted by atomic mass is 10.0. The summed E-state index contributed by atoms with van der Waals surface area (Å²) in [7, 11) is 0. The molecule has 262 valence electrons. The van der Waals surface area contributed by atoms with E-state index in [9.17, 15) is 0 Å². The van der Waals surface area contributed by atoms with Crippen molar-refractivity contribution in [2.75, 3.05) is 0 Å². The number of nitrogens with zero attached hydrogens (tertiary/aromatic N) is 3. The van der Waals surface area contributed by atoms with Crippen LogP contribution in [0.15, 0.2) is 200 Å². The van der Waals surface area contributed by atoms with Gasteiger partial charge in [0.1, 0.15) is 0 Å². The largest absolute Gasteiger partial charge is 0.309 e. The van der Waals surface area contributed by atoms with Crippen molar-refractivity contribution in [2.24, 2.45) is 0 Å². The van der Waals surface area contributed by atoms with Gasteiger partial charge in [-0.05, 0) is 99.5 Å². The highest BCUT2D eigenvalue weighted by atomic mass is 15.0. The highest BCUT2D eigenvalue weighted by molar-refractivity contribution is 6.11. The molecule has 2 aromatic heterocycles. The van der Waals surface area contributed by atoms with Crippen LogP contribution in [-0.4, -0.2) is 14.5 Å². The number of fused-ring (bicyclic) bond motifs is 6. The van der Waals surface area contributed by atoms with E-state index in [2.05, 4.69) is 193 Å². The van der Waals surface area contributed by atoms with Gasteiger partial charge >= 0.3 is 0 Å². The maximum atomic E-state index is 5.12. The van der Waals surface area contributed by atoms with E-state index in [0.717, 1.165) is 46.0 Å². The molecule has 0 radical (unpaired) electrons. The maximum absolute atomic E-state index is 5.12. The number of rotatable bonds is 6. The predicted octanol–water partition coefficient (Wildman–Crippen LogP) is 13.5. The van der Waals surface area contributed by atoms with Crippen molar-refractivity contribution in [1.82, 2.24) is 14.5 Å². The van der Waals surface area contributed by atoms with Crippen LogP contribution in [0.5, 0.6) is 0 Å². The molecule has 0 atom stereocenters. The maximum Gasteiger partial charge on any atom is 0.160 e. The van der Waals surface area contributed by atoms with Crippen molar-refractivity contribution in [3.05, 3.63) is 211 Å². The van der Waals surface area contributed by atoms with E-state index < -0.39 is 0 Å². The monoisotopic (exact) mass is 713 g/mol. The SMILES string of the molecule is c1ccc(-c2ccc3c(c2)c2cc(-c4ccccc4)ccc2n3-c2ccc3c(c2)-c2ccc(-c4nc(-c5ccccc5)cc(-c5ccccc5)n4)cc2C3)cc1. The summed E-state index contributed by atoms with van der Waals surface area (Å²) >= 11 is 0. The van der Waals surface area contributed by atoms with E-state index in [-0.39, 0.29) is 0 Å². The molecule has 0 bridgehead atoms. The molecule has 0 unspecified atom stereocenters. The van der Waals surface area contributed by atoms with Crippen molar-refractivity contribution < 1.29 is 0 Å². The third kappa shape index (κ3) is 5.52. The zero-order chi connectivity index (χ0) is 37.0. The van der Waals surface area contributed by atoms with Gasteiger partial charge in [0, 0.05) is 33.2 Å². The zero-order valence-corrected chi connectivity index (χ0v) is 30.6. The molecule has 0 fully saturated rings. The molecular formula is C53H35N3. The van der Waals surface area contributed by atoms with Crippen LogP contribution in [0.2, 0.25) is 0 Å². The predicted molar refractivity (Wildman–Crippen MR) is 232 cm³/mol. The first-order valence-corrected chi connectivity index (χ1v) is 19.2. The first-order chi connectivity index (χ1) is 27.7. The molecule has 0 saturated heterocycles. The van der Waals surface area contributed by atoms with Gasteiger partial charge in [-0.3, -0.25) is 0 Å². The fraction of sp³-hybridized carbons (Fsp3) is 0.0189. The fourth-order valence-electron chi connectivity index (χ4n) is 8.47. The van der Waals surface area contributed by atoms with Gasteiger partial charge in [-0.2, -0.15) is 0 Å². The van der Waals surface area contributed by atoms with Crippen molar-refractivity contribution in [3.8, 4) is 73.0 Å². The van der Waals surface area contributed by atoms with E-state index >= 15 is 0 Å². The molecule has 0 spiro atoms. The number of hydrogen-bond acceptors (Lipinski definition) is 2. The first kappa shape index (κ1) is 32.1. The van der Waals surface area contributed by atoms with Crippen molar-refractivity contribution in [2.45, 2.75) is 6.42 Å². The summed E-state index contributed by atoms with van der Waals surface area (Å²) in [4.78, 5) is 10.2. The van der Waals surface area contributed by atoms with Gasteiger partial charge in [-0.15, -0.1) is 0 Å². The minimum atomic E-state index is 0.736. The number of benzene rings is 8. The van der Waals surface area contributed by atoms with Crippen LogP contribution in [0.25, 0.3) is 94.8 Å². The molecule has 0 aliphatic heterocycles. The molecule has 0 amide bonds.